The Morgan fingerprint density at radius 3 is 2.79 bits per heavy atom. The minimum absolute atomic E-state index is 0.292. The molecule has 2 rings (SSSR count). The summed E-state index contributed by atoms with van der Waals surface area (Å²) in [7, 11) is 0. The van der Waals surface area contributed by atoms with Gasteiger partial charge in [0.15, 0.2) is 8.02 Å². The van der Waals surface area contributed by atoms with Crippen LogP contribution >= 0.6 is 49.9 Å². The molecule has 0 N–H and O–H groups in total. The van der Waals surface area contributed by atoms with Gasteiger partial charge in [0.25, 0.3) is 0 Å². The van der Waals surface area contributed by atoms with Gasteiger partial charge in [-0.2, -0.15) is 0 Å². The van der Waals surface area contributed by atoms with Gasteiger partial charge >= 0.3 is 0 Å². The quantitative estimate of drug-likeness (QED) is 0.700. The van der Waals surface area contributed by atoms with Gasteiger partial charge in [0.2, 0.25) is 0 Å². The summed E-state index contributed by atoms with van der Waals surface area (Å²) in [5.41, 5.74) is 0.486. The molecule has 2 nitrogen and oxygen atoms in total. The molecule has 0 bridgehead atoms. The Bertz CT molecular complexity index is 474. The van der Waals surface area contributed by atoms with E-state index in [4.69, 9.17) is 0 Å². The molecule has 0 aliphatic carbocycles. The Labute approximate surface area is 106 Å². The van der Waals surface area contributed by atoms with Gasteiger partial charge in [-0.3, -0.25) is 0 Å². The van der Waals surface area contributed by atoms with Crippen molar-refractivity contribution in [2.75, 3.05) is 0 Å². The first-order chi connectivity index (χ1) is 6.68. The lowest BCUT2D eigenvalue weighted by Crippen LogP contribution is -1.84. The molecule has 0 aliphatic rings. The highest BCUT2D eigenvalue weighted by Crippen LogP contribution is 2.30. The van der Waals surface area contributed by atoms with E-state index >= 15 is 0 Å². The average Bonchev–Trinajstić information content (AvgIpc) is 2.57. The van der Waals surface area contributed by atoms with Crippen LogP contribution < -0.4 is 0 Å². The molecule has 1 aromatic heterocycles. The summed E-state index contributed by atoms with van der Waals surface area (Å²) in [6, 6.07) is 5.12. The van der Waals surface area contributed by atoms with Crippen molar-refractivity contribution in [2.45, 2.75) is 0 Å². The van der Waals surface area contributed by atoms with Crippen molar-refractivity contribution >= 4 is 49.9 Å². The monoisotopic (exact) mass is 384 g/mol. The Hall–Kier alpha value is -0.0800. The van der Waals surface area contributed by atoms with E-state index in [1.54, 1.807) is 18.2 Å². The van der Waals surface area contributed by atoms with Crippen LogP contribution in [0.4, 0.5) is 4.39 Å². The van der Waals surface area contributed by atoms with Crippen molar-refractivity contribution < 1.29 is 4.39 Å². The van der Waals surface area contributed by atoms with E-state index in [1.165, 1.54) is 11.3 Å². The Kier molecular flexibility index (Phi) is 3.13. The van der Waals surface area contributed by atoms with Crippen LogP contribution in [0.5, 0.6) is 0 Å². The molecular weight excluding hydrogens is 382 g/mol. The molecule has 14 heavy (non-hydrogen) atoms. The fourth-order valence-electron chi connectivity index (χ4n) is 0.983. The summed E-state index contributed by atoms with van der Waals surface area (Å²) in [5.74, 6) is -0.292. The van der Waals surface area contributed by atoms with Crippen molar-refractivity contribution in [2.24, 2.45) is 0 Å². The number of rotatable bonds is 1. The standard InChI is InChI=1S/C8H3BrFIN2S/c9-5-3-1-2-4(6(5)10)7-12-13-8(11)14-7/h1-3H. The van der Waals surface area contributed by atoms with E-state index in [0.29, 0.717) is 15.0 Å². The van der Waals surface area contributed by atoms with E-state index in [9.17, 15) is 4.39 Å². The van der Waals surface area contributed by atoms with E-state index in [0.717, 1.165) is 3.01 Å². The Morgan fingerprint density at radius 1 is 1.36 bits per heavy atom. The summed E-state index contributed by atoms with van der Waals surface area (Å²) in [6.07, 6.45) is 0. The molecular formula is C8H3BrFIN2S. The van der Waals surface area contributed by atoms with Gasteiger partial charge in [-0.1, -0.05) is 17.4 Å². The third-order valence-electron chi connectivity index (χ3n) is 1.58. The molecule has 0 radical (unpaired) electrons. The van der Waals surface area contributed by atoms with E-state index in [-0.39, 0.29) is 5.82 Å². The number of nitrogens with zero attached hydrogens (tertiary/aromatic N) is 2. The van der Waals surface area contributed by atoms with Crippen molar-refractivity contribution in [1.82, 2.24) is 10.2 Å². The van der Waals surface area contributed by atoms with Crippen LogP contribution in [0.2, 0.25) is 0 Å². The zero-order chi connectivity index (χ0) is 10.1. The molecule has 0 saturated carbocycles. The Morgan fingerprint density at radius 2 is 2.14 bits per heavy atom. The van der Waals surface area contributed by atoms with Gasteiger partial charge in [0.1, 0.15) is 5.82 Å². The van der Waals surface area contributed by atoms with Crippen molar-refractivity contribution in [3.8, 4) is 10.6 Å². The van der Waals surface area contributed by atoms with E-state index in [2.05, 4.69) is 48.7 Å². The predicted molar refractivity (Wildman–Crippen MR) is 65.7 cm³/mol. The highest BCUT2D eigenvalue weighted by molar-refractivity contribution is 14.1. The molecule has 0 atom stereocenters. The maximum Gasteiger partial charge on any atom is 0.178 e. The molecule has 6 heteroatoms. The zero-order valence-electron chi connectivity index (χ0n) is 6.67. The summed E-state index contributed by atoms with van der Waals surface area (Å²) in [5, 5.41) is 8.33. The van der Waals surface area contributed by atoms with E-state index < -0.39 is 0 Å². The maximum atomic E-state index is 13.6. The average molecular weight is 385 g/mol. The van der Waals surface area contributed by atoms with Crippen molar-refractivity contribution in [1.29, 1.82) is 0 Å². The lowest BCUT2D eigenvalue weighted by Gasteiger charge is -1.98. The van der Waals surface area contributed by atoms with Crippen LogP contribution in [-0.2, 0) is 0 Å². The highest BCUT2D eigenvalue weighted by Gasteiger charge is 2.11. The van der Waals surface area contributed by atoms with Gasteiger partial charge in [-0.25, -0.2) is 4.39 Å². The molecule has 1 aromatic carbocycles. The minimum Gasteiger partial charge on any atom is -0.205 e. The predicted octanol–water partition coefficient (Wildman–Crippen LogP) is 3.71. The second-order valence-electron chi connectivity index (χ2n) is 2.46. The van der Waals surface area contributed by atoms with Gasteiger partial charge in [0.05, 0.1) is 4.47 Å². The molecule has 0 saturated heterocycles. The van der Waals surface area contributed by atoms with Crippen LogP contribution in [0.25, 0.3) is 10.6 Å². The van der Waals surface area contributed by atoms with Gasteiger partial charge in [-0.15, -0.1) is 10.2 Å². The number of benzene rings is 1. The second-order valence-corrected chi connectivity index (χ2v) is 6.05. The van der Waals surface area contributed by atoms with Crippen LogP contribution in [0, 0.1) is 8.83 Å². The van der Waals surface area contributed by atoms with Gasteiger partial charge in [-0.05, 0) is 50.7 Å². The second kappa shape index (κ2) is 4.19. The first-order valence-corrected chi connectivity index (χ1v) is 6.30. The van der Waals surface area contributed by atoms with Crippen molar-refractivity contribution in [3.05, 3.63) is 31.5 Å². The molecule has 1 heterocycles. The first kappa shape index (κ1) is 10.4. The summed E-state index contributed by atoms with van der Waals surface area (Å²) < 4.78 is 14.8. The molecule has 0 aliphatic heterocycles. The lowest BCUT2D eigenvalue weighted by atomic mass is 10.2. The van der Waals surface area contributed by atoms with Crippen LogP contribution in [0.1, 0.15) is 0 Å². The first-order valence-electron chi connectivity index (χ1n) is 3.62. The summed E-state index contributed by atoms with van der Waals surface area (Å²) in [4.78, 5) is 0. The van der Waals surface area contributed by atoms with E-state index in [1.807, 2.05) is 0 Å². The van der Waals surface area contributed by atoms with Gasteiger partial charge < -0.3 is 0 Å². The molecule has 0 fully saturated rings. The number of hydrogen-bond donors (Lipinski definition) is 0. The number of aromatic nitrogens is 2. The molecule has 2 aromatic rings. The number of hydrogen-bond acceptors (Lipinski definition) is 3. The smallest absolute Gasteiger partial charge is 0.178 e. The topological polar surface area (TPSA) is 25.8 Å². The van der Waals surface area contributed by atoms with Gasteiger partial charge in [0, 0.05) is 5.56 Å². The molecule has 72 valence electrons. The fraction of sp³-hybridized carbons (Fsp3) is 0. The third-order valence-corrected chi connectivity index (χ3v) is 3.82. The lowest BCUT2D eigenvalue weighted by molar-refractivity contribution is 0.624. The number of halogens is 3. The largest absolute Gasteiger partial charge is 0.205 e. The van der Waals surface area contributed by atoms with Crippen LogP contribution in [0.3, 0.4) is 0 Å². The molecule has 0 spiro atoms. The summed E-state index contributed by atoms with van der Waals surface area (Å²) in [6.45, 7) is 0. The minimum atomic E-state index is -0.292. The maximum absolute atomic E-state index is 13.6. The fourth-order valence-corrected chi connectivity index (χ4v) is 2.67. The van der Waals surface area contributed by atoms with Crippen LogP contribution in [-0.4, -0.2) is 10.2 Å². The Balaban J connectivity index is 2.57. The zero-order valence-corrected chi connectivity index (χ0v) is 11.2. The normalized spacial score (nSPS) is 10.5. The highest BCUT2D eigenvalue weighted by atomic mass is 127. The van der Waals surface area contributed by atoms with Crippen LogP contribution in [0.15, 0.2) is 22.7 Å². The third kappa shape index (κ3) is 1.96. The molecule has 0 amide bonds. The molecule has 0 unspecified atom stereocenters. The SMILES string of the molecule is Fc1c(Br)cccc1-c1nnc(I)s1. The van der Waals surface area contributed by atoms with Crippen molar-refractivity contribution in [3.63, 3.8) is 0 Å². The summed E-state index contributed by atoms with van der Waals surface area (Å²) >= 11 is 6.56.